The molecule has 0 aliphatic carbocycles. The number of carboxylic acid groups (broad SMARTS) is 1. The van der Waals surface area contributed by atoms with Crippen LogP contribution in [0.25, 0.3) is 0 Å². The maximum absolute atomic E-state index is 12.0. The summed E-state index contributed by atoms with van der Waals surface area (Å²) in [6.45, 7) is 2.39. The van der Waals surface area contributed by atoms with Crippen LogP contribution in [0, 0.1) is 0 Å². The lowest BCUT2D eigenvalue weighted by molar-refractivity contribution is -0.0390. The fourth-order valence-corrected chi connectivity index (χ4v) is 2.65. The molecule has 0 unspecified atom stereocenters. The number of rotatable bonds is 7. The summed E-state index contributed by atoms with van der Waals surface area (Å²) in [5.74, 6) is -1.61. The summed E-state index contributed by atoms with van der Waals surface area (Å²) in [5.41, 5.74) is 1.95. The lowest BCUT2D eigenvalue weighted by Crippen LogP contribution is -2.23. The van der Waals surface area contributed by atoms with Crippen LogP contribution in [0.3, 0.4) is 0 Å². The van der Waals surface area contributed by atoms with Crippen molar-refractivity contribution in [3.8, 4) is 0 Å². The summed E-state index contributed by atoms with van der Waals surface area (Å²) in [6, 6.07) is 8.99. The Balaban J connectivity index is 1.46. The quantitative estimate of drug-likeness (QED) is 0.789. The zero-order valence-corrected chi connectivity index (χ0v) is 14.3. The van der Waals surface area contributed by atoms with Gasteiger partial charge in [0.1, 0.15) is 6.26 Å². The lowest BCUT2D eigenvalue weighted by Gasteiger charge is -2.22. The zero-order chi connectivity index (χ0) is 18.4. The molecule has 2 aromatic rings. The fraction of sp³-hybridized carbons (Fsp3) is 0.368. The molecule has 1 aromatic heterocycles. The van der Waals surface area contributed by atoms with Gasteiger partial charge in [0.05, 0.1) is 18.3 Å². The third-order valence-electron chi connectivity index (χ3n) is 4.20. The molecule has 2 N–H and O–H groups in total. The summed E-state index contributed by atoms with van der Waals surface area (Å²) in [7, 11) is 0. The van der Waals surface area contributed by atoms with Crippen LogP contribution in [0.4, 0.5) is 0 Å². The number of ether oxygens (including phenoxy) is 2. The number of amides is 1. The Kier molecular flexibility index (Phi) is 6.04. The predicted molar refractivity (Wildman–Crippen MR) is 91.9 cm³/mol. The molecule has 0 radical (unpaired) electrons. The molecular formula is C19H21NO6. The first-order valence-corrected chi connectivity index (χ1v) is 8.49. The van der Waals surface area contributed by atoms with Crippen molar-refractivity contribution in [2.75, 3.05) is 13.2 Å². The van der Waals surface area contributed by atoms with Crippen LogP contribution in [-0.4, -0.2) is 36.3 Å². The molecule has 1 saturated heterocycles. The number of carbonyl (C=O) groups excluding carboxylic acids is 1. The molecule has 0 bridgehead atoms. The molecule has 0 atom stereocenters. The minimum absolute atomic E-state index is 0.0242. The molecule has 1 aliphatic heterocycles. The Bertz CT molecular complexity index is 746. The second kappa shape index (κ2) is 8.64. The lowest BCUT2D eigenvalue weighted by atomic mass is 10.1. The van der Waals surface area contributed by atoms with Crippen molar-refractivity contribution in [1.29, 1.82) is 0 Å². The summed E-state index contributed by atoms with van der Waals surface area (Å²) in [6.07, 6.45) is 3.16. The fourth-order valence-electron chi connectivity index (χ4n) is 2.65. The van der Waals surface area contributed by atoms with Gasteiger partial charge in [-0.2, -0.15) is 0 Å². The first kappa shape index (κ1) is 18.2. The topological polar surface area (TPSA) is 98.0 Å². The number of hydrogen-bond acceptors (Lipinski definition) is 5. The monoisotopic (exact) mass is 359 g/mol. The number of nitrogens with one attached hydrogen (secondary N) is 1. The van der Waals surface area contributed by atoms with Crippen LogP contribution in [-0.2, 0) is 22.6 Å². The molecule has 0 saturated carbocycles. The number of carboxylic acids is 1. The van der Waals surface area contributed by atoms with Gasteiger partial charge in [-0.25, -0.2) is 4.79 Å². The second-order valence-electron chi connectivity index (χ2n) is 6.13. The Morgan fingerprint density at radius 3 is 2.50 bits per heavy atom. The standard InChI is InChI=1S/C19H21NO6/c21-18(17-9-15(12-26-17)19(22)23)20-10-13-1-3-14(4-2-13)11-25-16-5-7-24-8-6-16/h1-4,9,12,16H,5-8,10-11H2,(H,20,21)(H,22,23). The van der Waals surface area contributed by atoms with Crippen LogP contribution < -0.4 is 5.32 Å². The van der Waals surface area contributed by atoms with Crippen molar-refractivity contribution < 1.29 is 28.6 Å². The smallest absolute Gasteiger partial charge is 0.338 e. The molecule has 1 aliphatic rings. The molecule has 26 heavy (non-hydrogen) atoms. The minimum Gasteiger partial charge on any atom is -0.478 e. The van der Waals surface area contributed by atoms with Crippen molar-refractivity contribution in [1.82, 2.24) is 5.32 Å². The van der Waals surface area contributed by atoms with Crippen LogP contribution >= 0.6 is 0 Å². The third-order valence-corrected chi connectivity index (χ3v) is 4.20. The highest BCUT2D eigenvalue weighted by Gasteiger charge is 2.15. The van der Waals surface area contributed by atoms with E-state index in [1.165, 1.54) is 6.07 Å². The molecule has 0 spiro atoms. The highest BCUT2D eigenvalue weighted by atomic mass is 16.5. The summed E-state index contributed by atoms with van der Waals surface area (Å²) in [4.78, 5) is 22.8. The van der Waals surface area contributed by atoms with Gasteiger partial charge in [-0.05, 0) is 24.0 Å². The van der Waals surface area contributed by atoms with Crippen molar-refractivity contribution in [2.45, 2.75) is 32.1 Å². The van der Waals surface area contributed by atoms with Crippen molar-refractivity contribution >= 4 is 11.9 Å². The van der Waals surface area contributed by atoms with E-state index in [-0.39, 0.29) is 17.4 Å². The number of furan rings is 1. The largest absolute Gasteiger partial charge is 0.478 e. The van der Waals surface area contributed by atoms with E-state index in [4.69, 9.17) is 19.0 Å². The van der Waals surface area contributed by atoms with Crippen LogP contribution in [0.5, 0.6) is 0 Å². The molecular weight excluding hydrogens is 338 g/mol. The number of benzene rings is 1. The summed E-state index contributed by atoms with van der Waals surface area (Å²) in [5, 5.41) is 11.5. The number of hydrogen-bond donors (Lipinski definition) is 2. The van der Waals surface area contributed by atoms with Crippen LogP contribution in [0.1, 0.15) is 44.9 Å². The van der Waals surface area contributed by atoms with Gasteiger partial charge in [-0.15, -0.1) is 0 Å². The molecule has 2 heterocycles. The Labute approximate surface area is 150 Å². The molecule has 7 nitrogen and oxygen atoms in total. The van der Waals surface area contributed by atoms with Gasteiger partial charge < -0.3 is 24.3 Å². The first-order chi connectivity index (χ1) is 12.6. The third kappa shape index (κ3) is 4.93. The van der Waals surface area contributed by atoms with Crippen molar-refractivity contribution in [3.63, 3.8) is 0 Å². The van der Waals surface area contributed by atoms with E-state index >= 15 is 0 Å². The van der Waals surface area contributed by atoms with Gasteiger partial charge in [0.15, 0.2) is 5.76 Å². The molecule has 1 fully saturated rings. The Morgan fingerprint density at radius 1 is 1.15 bits per heavy atom. The van der Waals surface area contributed by atoms with E-state index in [2.05, 4.69) is 5.32 Å². The van der Waals surface area contributed by atoms with Gasteiger partial charge in [-0.1, -0.05) is 24.3 Å². The van der Waals surface area contributed by atoms with E-state index in [1.54, 1.807) is 0 Å². The number of aromatic carboxylic acids is 1. The van der Waals surface area contributed by atoms with E-state index in [9.17, 15) is 9.59 Å². The second-order valence-corrected chi connectivity index (χ2v) is 6.13. The molecule has 3 rings (SSSR count). The molecule has 138 valence electrons. The van der Waals surface area contributed by atoms with Gasteiger partial charge in [0.2, 0.25) is 0 Å². The highest BCUT2D eigenvalue weighted by molar-refractivity contribution is 5.95. The molecule has 1 amide bonds. The average molecular weight is 359 g/mol. The van der Waals surface area contributed by atoms with Gasteiger partial charge in [0.25, 0.3) is 5.91 Å². The number of carbonyl (C=O) groups is 2. The summed E-state index contributed by atoms with van der Waals surface area (Å²) >= 11 is 0. The van der Waals surface area contributed by atoms with Crippen LogP contribution in [0.15, 0.2) is 41.0 Å². The van der Waals surface area contributed by atoms with Gasteiger partial charge in [-0.3, -0.25) is 4.79 Å². The van der Waals surface area contributed by atoms with Crippen LogP contribution in [0.2, 0.25) is 0 Å². The minimum atomic E-state index is -1.13. The maximum atomic E-state index is 12.0. The van der Waals surface area contributed by atoms with E-state index in [0.29, 0.717) is 13.2 Å². The first-order valence-electron chi connectivity index (χ1n) is 8.49. The van der Waals surface area contributed by atoms with E-state index in [1.807, 2.05) is 24.3 Å². The highest BCUT2D eigenvalue weighted by Crippen LogP contribution is 2.14. The Hall–Kier alpha value is -2.64. The SMILES string of the molecule is O=C(O)c1coc(C(=O)NCc2ccc(COC3CCOCC3)cc2)c1. The molecule has 7 heteroatoms. The maximum Gasteiger partial charge on any atom is 0.338 e. The normalized spacial score (nSPS) is 14.9. The average Bonchev–Trinajstić information content (AvgIpc) is 3.17. The van der Waals surface area contributed by atoms with E-state index in [0.717, 1.165) is 43.4 Å². The Morgan fingerprint density at radius 2 is 1.85 bits per heavy atom. The van der Waals surface area contributed by atoms with Gasteiger partial charge in [0, 0.05) is 25.8 Å². The predicted octanol–water partition coefficient (Wildman–Crippen LogP) is 2.60. The summed E-state index contributed by atoms with van der Waals surface area (Å²) < 4.78 is 16.2. The molecule has 1 aromatic carbocycles. The van der Waals surface area contributed by atoms with Gasteiger partial charge >= 0.3 is 5.97 Å². The van der Waals surface area contributed by atoms with Crippen molar-refractivity contribution in [2.24, 2.45) is 0 Å². The van der Waals surface area contributed by atoms with Crippen molar-refractivity contribution in [3.05, 3.63) is 59.0 Å². The zero-order valence-electron chi connectivity index (χ0n) is 14.3. The van der Waals surface area contributed by atoms with E-state index < -0.39 is 11.9 Å².